The van der Waals surface area contributed by atoms with E-state index in [1.807, 2.05) is 13.8 Å². The lowest BCUT2D eigenvalue weighted by molar-refractivity contribution is -0.155. The van der Waals surface area contributed by atoms with Gasteiger partial charge in [-0.25, -0.2) is 0 Å². The zero-order valence-electron chi connectivity index (χ0n) is 11.0. The molecular formula is C13H22N2O2. The minimum atomic E-state index is -0.582. The van der Waals surface area contributed by atoms with Gasteiger partial charge in [-0.2, -0.15) is 0 Å². The van der Waals surface area contributed by atoms with Gasteiger partial charge in [0.15, 0.2) is 0 Å². The Kier molecular flexibility index (Phi) is 2.92. The van der Waals surface area contributed by atoms with Gasteiger partial charge in [0.05, 0.1) is 0 Å². The molecule has 96 valence electrons. The molecule has 4 nitrogen and oxygen atoms in total. The molecule has 0 aromatic carbocycles. The third kappa shape index (κ3) is 1.94. The molecule has 0 radical (unpaired) electrons. The number of nitrogens with one attached hydrogen (secondary N) is 1. The lowest BCUT2D eigenvalue weighted by Gasteiger charge is -2.47. The lowest BCUT2D eigenvalue weighted by atomic mass is 9.88. The number of hydrogen-bond donors (Lipinski definition) is 1. The Labute approximate surface area is 103 Å². The maximum absolute atomic E-state index is 12.6. The topological polar surface area (TPSA) is 49.4 Å². The van der Waals surface area contributed by atoms with Crippen molar-refractivity contribution in [1.82, 2.24) is 10.2 Å². The first-order valence-electron chi connectivity index (χ1n) is 6.54. The SMILES string of the molecule is CCC(C)(C)N1CC(=O)NC2(CCCC2)C1=O. The molecule has 17 heavy (non-hydrogen) atoms. The van der Waals surface area contributed by atoms with Crippen LogP contribution in [-0.4, -0.2) is 34.3 Å². The van der Waals surface area contributed by atoms with Crippen molar-refractivity contribution >= 4 is 11.8 Å². The van der Waals surface area contributed by atoms with Gasteiger partial charge in [0.2, 0.25) is 11.8 Å². The number of rotatable bonds is 2. The van der Waals surface area contributed by atoms with Gasteiger partial charge in [0, 0.05) is 5.54 Å². The van der Waals surface area contributed by atoms with Gasteiger partial charge >= 0.3 is 0 Å². The molecule has 1 saturated heterocycles. The first-order chi connectivity index (χ1) is 7.91. The largest absolute Gasteiger partial charge is 0.340 e. The van der Waals surface area contributed by atoms with Crippen molar-refractivity contribution in [3.05, 3.63) is 0 Å². The second-order valence-corrected chi connectivity index (χ2v) is 5.89. The summed E-state index contributed by atoms with van der Waals surface area (Å²) >= 11 is 0. The molecule has 2 fully saturated rings. The lowest BCUT2D eigenvalue weighted by Crippen LogP contribution is -2.69. The van der Waals surface area contributed by atoms with Crippen LogP contribution in [-0.2, 0) is 9.59 Å². The van der Waals surface area contributed by atoms with Gasteiger partial charge in [-0.15, -0.1) is 0 Å². The standard InChI is InChI=1S/C13H22N2O2/c1-4-12(2,3)15-9-10(16)14-13(11(15)17)7-5-6-8-13/h4-9H2,1-3H3,(H,14,16). The van der Waals surface area contributed by atoms with Gasteiger partial charge < -0.3 is 10.2 Å². The number of amides is 2. The van der Waals surface area contributed by atoms with E-state index in [0.717, 1.165) is 32.1 Å². The van der Waals surface area contributed by atoms with E-state index in [-0.39, 0.29) is 23.9 Å². The molecule has 1 heterocycles. The monoisotopic (exact) mass is 238 g/mol. The Morgan fingerprint density at radius 1 is 1.29 bits per heavy atom. The molecule has 0 unspecified atom stereocenters. The van der Waals surface area contributed by atoms with E-state index in [1.54, 1.807) is 4.90 Å². The van der Waals surface area contributed by atoms with Crippen LogP contribution in [0.25, 0.3) is 0 Å². The molecule has 4 heteroatoms. The fraction of sp³-hybridized carbons (Fsp3) is 0.846. The summed E-state index contributed by atoms with van der Waals surface area (Å²) in [5.74, 6) is 0.120. The average Bonchev–Trinajstić information content (AvgIpc) is 2.73. The summed E-state index contributed by atoms with van der Waals surface area (Å²) < 4.78 is 0. The zero-order chi connectivity index (χ0) is 12.7. The summed E-state index contributed by atoms with van der Waals surface area (Å²) in [6.07, 6.45) is 4.53. The van der Waals surface area contributed by atoms with Crippen molar-refractivity contribution in [2.75, 3.05) is 6.54 Å². The molecular weight excluding hydrogens is 216 g/mol. The molecule has 0 bridgehead atoms. The number of piperazine rings is 1. The van der Waals surface area contributed by atoms with Crippen LogP contribution in [0.5, 0.6) is 0 Å². The zero-order valence-corrected chi connectivity index (χ0v) is 11.0. The summed E-state index contributed by atoms with van der Waals surface area (Å²) in [5, 5.41) is 2.94. The molecule has 2 amide bonds. The smallest absolute Gasteiger partial charge is 0.249 e. The highest BCUT2D eigenvalue weighted by atomic mass is 16.2. The second kappa shape index (κ2) is 4.00. The van der Waals surface area contributed by atoms with Crippen molar-refractivity contribution in [1.29, 1.82) is 0 Å². The Morgan fingerprint density at radius 2 is 1.88 bits per heavy atom. The molecule has 1 saturated carbocycles. The minimum Gasteiger partial charge on any atom is -0.340 e. The predicted molar refractivity (Wildman–Crippen MR) is 65.4 cm³/mol. The van der Waals surface area contributed by atoms with Crippen molar-refractivity contribution in [2.45, 2.75) is 64.0 Å². The highest BCUT2D eigenvalue weighted by Gasteiger charge is 2.50. The summed E-state index contributed by atoms with van der Waals surface area (Å²) in [6, 6.07) is 0. The Hall–Kier alpha value is -1.06. The molecule has 1 N–H and O–H groups in total. The van der Waals surface area contributed by atoms with Crippen LogP contribution >= 0.6 is 0 Å². The number of carbonyl (C=O) groups is 2. The number of carbonyl (C=O) groups excluding carboxylic acids is 2. The van der Waals surface area contributed by atoms with E-state index in [1.165, 1.54) is 0 Å². The summed E-state index contributed by atoms with van der Waals surface area (Å²) in [6.45, 7) is 6.33. The van der Waals surface area contributed by atoms with Crippen LogP contribution in [0, 0.1) is 0 Å². The van der Waals surface area contributed by atoms with Crippen LogP contribution < -0.4 is 5.32 Å². The quantitative estimate of drug-likeness (QED) is 0.791. The average molecular weight is 238 g/mol. The Morgan fingerprint density at radius 3 is 2.41 bits per heavy atom. The number of nitrogens with zero attached hydrogens (tertiary/aromatic N) is 1. The highest BCUT2D eigenvalue weighted by molar-refractivity contribution is 5.98. The van der Waals surface area contributed by atoms with Gasteiger partial charge in [-0.1, -0.05) is 19.8 Å². The summed E-state index contributed by atoms with van der Waals surface area (Å²) in [7, 11) is 0. The van der Waals surface area contributed by atoms with Crippen LogP contribution in [0.4, 0.5) is 0 Å². The van der Waals surface area contributed by atoms with Crippen LogP contribution in [0.15, 0.2) is 0 Å². The summed E-state index contributed by atoms with van der Waals surface area (Å²) in [4.78, 5) is 26.2. The molecule has 2 rings (SSSR count). The van der Waals surface area contributed by atoms with E-state index in [2.05, 4.69) is 12.2 Å². The normalized spacial score (nSPS) is 24.3. The van der Waals surface area contributed by atoms with Crippen LogP contribution in [0.3, 0.4) is 0 Å². The van der Waals surface area contributed by atoms with Gasteiger partial charge in [0.1, 0.15) is 12.1 Å². The first kappa shape index (κ1) is 12.4. The maximum Gasteiger partial charge on any atom is 0.249 e. The van der Waals surface area contributed by atoms with Crippen LogP contribution in [0.1, 0.15) is 52.9 Å². The molecule has 0 aromatic rings. The van der Waals surface area contributed by atoms with E-state index in [4.69, 9.17) is 0 Å². The summed E-state index contributed by atoms with van der Waals surface area (Å²) in [5.41, 5.74) is -0.813. The third-order valence-electron chi connectivity index (χ3n) is 4.39. The molecule has 1 spiro atoms. The van der Waals surface area contributed by atoms with Crippen molar-refractivity contribution in [3.8, 4) is 0 Å². The molecule has 1 aliphatic carbocycles. The Bertz CT molecular complexity index is 343. The van der Waals surface area contributed by atoms with E-state index >= 15 is 0 Å². The van der Waals surface area contributed by atoms with Crippen molar-refractivity contribution in [3.63, 3.8) is 0 Å². The fourth-order valence-electron chi connectivity index (χ4n) is 2.83. The minimum absolute atomic E-state index is 0.00646. The van der Waals surface area contributed by atoms with E-state index < -0.39 is 5.54 Å². The van der Waals surface area contributed by atoms with Crippen molar-refractivity contribution < 1.29 is 9.59 Å². The first-order valence-corrected chi connectivity index (χ1v) is 6.54. The second-order valence-electron chi connectivity index (χ2n) is 5.89. The van der Waals surface area contributed by atoms with Gasteiger partial charge in [0.25, 0.3) is 0 Å². The highest BCUT2D eigenvalue weighted by Crippen LogP contribution is 2.36. The van der Waals surface area contributed by atoms with E-state index in [9.17, 15) is 9.59 Å². The Balaban J connectivity index is 2.29. The molecule has 0 atom stereocenters. The molecule has 1 aliphatic heterocycles. The van der Waals surface area contributed by atoms with Gasteiger partial charge in [-0.05, 0) is 33.1 Å². The predicted octanol–water partition coefficient (Wildman–Crippen LogP) is 1.45. The fourth-order valence-corrected chi connectivity index (χ4v) is 2.83. The van der Waals surface area contributed by atoms with Crippen molar-refractivity contribution in [2.24, 2.45) is 0 Å². The van der Waals surface area contributed by atoms with E-state index in [0.29, 0.717) is 0 Å². The van der Waals surface area contributed by atoms with Crippen LogP contribution in [0.2, 0.25) is 0 Å². The molecule has 2 aliphatic rings. The maximum atomic E-state index is 12.6. The molecule has 0 aromatic heterocycles. The van der Waals surface area contributed by atoms with Gasteiger partial charge in [-0.3, -0.25) is 9.59 Å². The number of hydrogen-bond acceptors (Lipinski definition) is 2. The third-order valence-corrected chi connectivity index (χ3v) is 4.39.